The van der Waals surface area contributed by atoms with Gasteiger partial charge in [0.1, 0.15) is 0 Å². The Hall–Kier alpha value is -2.13. The first-order valence-electron chi connectivity index (χ1n) is 10.2. The summed E-state index contributed by atoms with van der Waals surface area (Å²) in [6, 6.07) is 16.4. The van der Waals surface area contributed by atoms with E-state index >= 15 is 0 Å². The van der Waals surface area contributed by atoms with Gasteiger partial charge in [-0.05, 0) is 42.2 Å². The number of benzene rings is 2. The summed E-state index contributed by atoms with van der Waals surface area (Å²) in [5, 5.41) is 6.66. The van der Waals surface area contributed by atoms with Crippen LogP contribution in [0.4, 0.5) is 5.69 Å². The zero-order valence-electron chi connectivity index (χ0n) is 17.7. The van der Waals surface area contributed by atoms with Crippen molar-refractivity contribution in [1.29, 1.82) is 0 Å². The zero-order valence-corrected chi connectivity index (χ0v) is 20.0. The summed E-state index contributed by atoms with van der Waals surface area (Å²) >= 11 is 0. The van der Waals surface area contributed by atoms with Crippen LogP contribution in [0.15, 0.2) is 53.5 Å². The molecule has 0 atom stereocenters. The van der Waals surface area contributed by atoms with Crippen molar-refractivity contribution in [3.8, 4) is 0 Å². The summed E-state index contributed by atoms with van der Waals surface area (Å²) < 4.78 is 5.20. The average molecular weight is 522 g/mol. The van der Waals surface area contributed by atoms with Gasteiger partial charge in [0.2, 0.25) is 5.91 Å². The summed E-state index contributed by atoms with van der Waals surface area (Å²) in [7, 11) is 1.70. The molecule has 162 valence electrons. The smallest absolute Gasteiger partial charge is 0.227 e. The number of anilines is 1. The molecule has 0 bridgehead atoms. The van der Waals surface area contributed by atoms with Crippen LogP contribution in [-0.2, 0) is 29.2 Å². The van der Waals surface area contributed by atoms with Gasteiger partial charge in [-0.1, -0.05) is 36.4 Å². The molecule has 1 amide bonds. The maximum absolute atomic E-state index is 11.9. The van der Waals surface area contributed by atoms with E-state index < -0.39 is 0 Å². The molecular formula is C23H31IN4O2. The fourth-order valence-corrected chi connectivity index (χ4v) is 3.40. The molecule has 2 aromatic carbocycles. The van der Waals surface area contributed by atoms with Crippen molar-refractivity contribution in [2.75, 3.05) is 25.1 Å². The quantitative estimate of drug-likeness (QED) is 0.314. The first-order chi connectivity index (χ1) is 14.2. The molecule has 0 aliphatic carbocycles. The zero-order chi connectivity index (χ0) is 20.5. The highest BCUT2D eigenvalue weighted by molar-refractivity contribution is 14.0. The molecule has 6 nitrogen and oxygen atoms in total. The minimum atomic E-state index is 0. The maximum Gasteiger partial charge on any atom is 0.227 e. The first kappa shape index (κ1) is 24.1. The fourth-order valence-electron chi connectivity index (χ4n) is 3.40. The van der Waals surface area contributed by atoms with Crippen LogP contribution < -0.4 is 15.5 Å². The highest BCUT2D eigenvalue weighted by atomic mass is 127. The Kier molecular flexibility index (Phi) is 10.1. The number of hydrogen-bond donors (Lipinski definition) is 2. The normalized spacial score (nSPS) is 13.9. The van der Waals surface area contributed by atoms with E-state index in [0.717, 1.165) is 47.8 Å². The number of guanidine groups is 1. The van der Waals surface area contributed by atoms with Crippen LogP contribution in [0.1, 0.15) is 36.5 Å². The SMILES string of the molecule is CCNC(=NCc1cccc(COC)c1)NCc1ccc(N2CCCC2=O)cc1.I. The Morgan fingerprint density at radius 2 is 1.87 bits per heavy atom. The van der Waals surface area contributed by atoms with Crippen LogP contribution in [0.5, 0.6) is 0 Å². The number of carbonyl (C=O) groups excluding carboxylic acids is 1. The van der Waals surface area contributed by atoms with E-state index in [-0.39, 0.29) is 29.9 Å². The molecule has 0 radical (unpaired) electrons. The lowest BCUT2D eigenvalue weighted by atomic mass is 10.1. The van der Waals surface area contributed by atoms with Crippen molar-refractivity contribution >= 4 is 41.5 Å². The molecule has 3 rings (SSSR count). The topological polar surface area (TPSA) is 66.0 Å². The summed E-state index contributed by atoms with van der Waals surface area (Å²) in [5.74, 6) is 0.996. The molecule has 1 aliphatic rings. The number of amides is 1. The molecular weight excluding hydrogens is 491 g/mol. The number of ether oxygens (including phenoxy) is 1. The van der Waals surface area contributed by atoms with Gasteiger partial charge in [0.25, 0.3) is 0 Å². The minimum absolute atomic E-state index is 0. The van der Waals surface area contributed by atoms with Crippen molar-refractivity contribution in [2.24, 2.45) is 4.99 Å². The lowest BCUT2D eigenvalue weighted by Gasteiger charge is -2.16. The highest BCUT2D eigenvalue weighted by Gasteiger charge is 2.21. The van der Waals surface area contributed by atoms with E-state index in [1.54, 1.807) is 7.11 Å². The van der Waals surface area contributed by atoms with Crippen molar-refractivity contribution in [3.05, 3.63) is 65.2 Å². The van der Waals surface area contributed by atoms with Crippen molar-refractivity contribution < 1.29 is 9.53 Å². The molecule has 1 saturated heterocycles. The summed E-state index contributed by atoms with van der Waals surface area (Å²) in [6.07, 6.45) is 1.60. The van der Waals surface area contributed by atoms with E-state index in [0.29, 0.717) is 26.1 Å². The van der Waals surface area contributed by atoms with Crippen LogP contribution in [-0.4, -0.2) is 32.1 Å². The van der Waals surface area contributed by atoms with Gasteiger partial charge in [-0.25, -0.2) is 4.99 Å². The lowest BCUT2D eigenvalue weighted by Crippen LogP contribution is -2.36. The van der Waals surface area contributed by atoms with E-state index in [1.165, 1.54) is 0 Å². The number of hydrogen-bond acceptors (Lipinski definition) is 3. The molecule has 2 N–H and O–H groups in total. The Morgan fingerprint density at radius 1 is 1.10 bits per heavy atom. The van der Waals surface area contributed by atoms with E-state index in [2.05, 4.69) is 47.9 Å². The number of methoxy groups -OCH3 is 1. The van der Waals surface area contributed by atoms with Gasteiger partial charge < -0.3 is 20.3 Å². The third-order valence-corrected chi connectivity index (χ3v) is 4.85. The molecule has 7 heteroatoms. The second-order valence-electron chi connectivity index (χ2n) is 7.12. The Morgan fingerprint density at radius 3 is 2.53 bits per heavy atom. The number of nitrogens with zero attached hydrogens (tertiary/aromatic N) is 2. The van der Waals surface area contributed by atoms with Gasteiger partial charge in [0.05, 0.1) is 13.2 Å². The van der Waals surface area contributed by atoms with Gasteiger partial charge >= 0.3 is 0 Å². The molecule has 0 unspecified atom stereocenters. The molecule has 1 aliphatic heterocycles. The summed E-state index contributed by atoms with van der Waals surface area (Å²) in [5.41, 5.74) is 4.42. The van der Waals surface area contributed by atoms with Crippen molar-refractivity contribution in [2.45, 2.75) is 39.5 Å². The van der Waals surface area contributed by atoms with E-state index in [9.17, 15) is 4.79 Å². The Labute approximate surface area is 196 Å². The average Bonchev–Trinajstić information content (AvgIpc) is 3.17. The molecule has 0 saturated carbocycles. The predicted molar refractivity (Wildman–Crippen MR) is 132 cm³/mol. The molecule has 0 aromatic heterocycles. The largest absolute Gasteiger partial charge is 0.380 e. The Bertz CT molecular complexity index is 839. The van der Waals surface area contributed by atoms with Crippen LogP contribution in [0.3, 0.4) is 0 Å². The van der Waals surface area contributed by atoms with E-state index in [4.69, 9.17) is 9.73 Å². The molecule has 1 fully saturated rings. The van der Waals surface area contributed by atoms with E-state index in [1.807, 2.05) is 23.1 Å². The van der Waals surface area contributed by atoms with Gasteiger partial charge in [-0.15, -0.1) is 24.0 Å². The van der Waals surface area contributed by atoms with Gasteiger partial charge in [0.15, 0.2) is 5.96 Å². The lowest BCUT2D eigenvalue weighted by molar-refractivity contribution is -0.117. The summed E-state index contributed by atoms with van der Waals surface area (Å²) in [6.45, 7) is 5.55. The van der Waals surface area contributed by atoms with Gasteiger partial charge in [0, 0.05) is 38.9 Å². The number of halogens is 1. The molecule has 0 spiro atoms. The highest BCUT2D eigenvalue weighted by Crippen LogP contribution is 2.21. The van der Waals surface area contributed by atoms with Gasteiger partial charge in [-0.3, -0.25) is 4.79 Å². The minimum Gasteiger partial charge on any atom is -0.380 e. The first-order valence-corrected chi connectivity index (χ1v) is 10.2. The molecule has 1 heterocycles. The fraction of sp³-hybridized carbons (Fsp3) is 0.391. The van der Waals surface area contributed by atoms with Crippen LogP contribution in [0.25, 0.3) is 0 Å². The standard InChI is InChI=1S/C23H30N4O2.HI/c1-3-24-23(26-16-19-6-4-7-20(14-19)17-29-2)25-15-18-9-11-21(12-10-18)27-13-5-8-22(27)28;/h4,6-7,9-12,14H,3,5,8,13,15-17H2,1-2H3,(H2,24,25,26);1H. The number of nitrogens with one attached hydrogen (secondary N) is 2. The molecule has 2 aromatic rings. The Balaban J connectivity index is 0.00000320. The summed E-state index contributed by atoms with van der Waals surface area (Å²) in [4.78, 5) is 18.4. The second-order valence-corrected chi connectivity index (χ2v) is 7.12. The third-order valence-electron chi connectivity index (χ3n) is 4.85. The number of carbonyl (C=O) groups is 1. The van der Waals surface area contributed by atoms with Crippen molar-refractivity contribution in [1.82, 2.24) is 10.6 Å². The van der Waals surface area contributed by atoms with Crippen LogP contribution >= 0.6 is 24.0 Å². The number of aliphatic imine (C=N–C) groups is 1. The van der Waals surface area contributed by atoms with Crippen LogP contribution in [0.2, 0.25) is 0 Å². The maximum atomic E-state index is 11.9. The second kappa shape index (κ2) is 12.5. The number of rotatable bonds is 8. The molecule has 30 heavy (non-hydrogen) atoms. The van der Waals surface area contributed by atoms with Gasteiger partial charge in [-0.2, -0.15) is 0 Å². The third kappa shape index (κ3) is 6.98. The van der Waals surface area contributed by atoms with Crippen LogP contribution in [0, 0.1) is 0 Å². The van der Waals surface area contributed by atoms with Crippen molar-refractivity contribution in [3.63, 3.8) is 0 Å². The predicted octanol–water partition coefficient (Wildman–Crippen LogP) is 3.83. The monoisotopic (exact) mass is 522 g/mol.